The van der Waals surface area contributed by atoms with E-state index in [2.05, 4.69) is 25.9 Å². The molecule has 11 heteroatoms. The van der Waals surface area contributed by atoms with E-state index >= 15 is 0 Å². The Hall–Kier alpha value is -2.95. The minimum absolute atomic E-state index is 0.0739. The Morgan fingerprint density at radius 1 is 1.10 bits per heavy atom. The fourth-order valence-electron chi connectivity index (χ4n) is 2.80. The van der Waals surface area contributed by atoms with Crippen LogP contribution in [0.3, 0.4) is 0 Å². The van der Waals surface area contributed by atoms with Gasteiger partial charge < -0.3 is 31.8 Å². The molecule has 0 fully saturated rings. The zero-order chi connectivity index (χ0) is 23.6. The second-order valence-corrected chi connectivity index (χ2v) is 7.74. The fraction of sp³-hybridized carbons (Fsp3) is 0.650. The molecule has 0 saturated carbocycles. The molecular weight excluding hydrogens is 404 g/mol. The van der Waals surface area contributed by atoms with Crippen LogP contribution < -0.4 is 21.7 Å². The lowest BCUT2D eigenvalue weighted by molar-refractivity contribution is -0.143. The van der Waals surface area contributed by atoms with Crippen molar-refractivity contribution >= 4 is 23.7 Å². The summed E-state index contributed by atoms with van der Waals surface area (Å²) in [6, 6.07) is -2.82. The molecule has 0 bridgehead atoms. The van der Waals surface area contributed by atoms with E-state index in [0.717, 1.165) is 0 Å². The number of hydrogen-bond donors (Lipinski definition) is 6. The van der Waals surface area contributed by atoms with Gasteiger partial charge in [0.05, 0.1) is 18.9 Å². The van der Waals surface area contributed by atoms with Gasteiger partial charge in [0.1, 0.15) is 12.1 Å². The summed E-state index contributed by atoms with van der Waals surface area (Å²) in [7, 11) is 0. The van der Waals surface area contributed by atoms with E-state index in [-0.39, 0.29) is 18.3 Å². The van der Waals surface area contributed by atoms with Gasteiger partial charge in [-0.15, -0.1) is 0 Å². The normalized spacial score (nSPS) is 15.8. The molecule has 0 spiro atoms. The van der Waals surface area contributed by atoms with E-state index in [0.29, 0.717) is 18.5 Å². The molecule has 0 saturated heterocycles. The number of aromatic nitrogens is 2. The number of aliphatic carboxylic acids is 1. The van der Waals surface area contributed by atoms with Crippen LogP contribution in [0.4, 0.5) is 0 Å². The smallest absolute Gasteiger partial charge is 0.326 e. The lowest BCUT2D eigenvalue weighted by Crippen LogP contribution is -2.55. The summed E-state index contributed by atoms with van der Waals surface area (Å²) >= 11 is 0. The summed E-state index contributed by atoms with van der Waals surface area (Å²) < 4.78 is 0. The molecule has 1 heterocycles. The van der Waals surface area contributed by atoms with Crippen LogP contribution in [0.2, 0.25) is 0 Å². The van der Waals surface area contributed by atoms with Gasteiger partial charge in [-0.2, -0.15) is 0 Å². The highest BCUT2D eigenvalue weighted by Gasteiger charge is 2.28. The number of nitrogens with zero attached hydrogens (tertiary/aromatic N) is 1. The van der Waals surface area contributed by atoms with Crippen molar-refractivity contribution in [2.45, 2.75) is 65.1 Å². The van der Waals surface area contributed by atoms with Gasteiger partial charge in [0.2, 0.25) is 17.7 Å². The number of carboxylic acid groups (broad SMARTS) is 1. The third kappa shape index (κ3) is 8.36. The Kier molecular flexibility index (Phi) is 10.7. The zero-order valence-electron chi connectivity index (χ0n) is 18.5. The zero-order valence-corrected chi connectivity index (χ0v) is 18.5. The molecule has 3 amide bonds. The predicted octanol–water partition coefficient (Wildman–Crippen LogP) is -0.458. The van der Waals surface area contributed by atoms with Crippen LogP contribution in [0.25, 0.3) is 0 Å². The van der Waals surface area contributed by atoms with Gasteiger partial charge >= 0.3 is 5.97 Å². The molecule has 1 aromatic rings. The first kappa shape index (κ1) is 26.1. The summed E-state index contributed by atoms with van der Waals surface area (Å²) in [6.45, 7) is 6.87. The highest BCUT2D eigenvalue weighted by molar-refractivity contribution is 5.92. The topological polar surface area (TPSA) is 179 Å². The summed E-state index contributed by atoms with van der Waals surface area (Å²) in [5, 5.41) is 16.8. The number of nitrogens with one attached hydrogen (secondary N) is 4. The number of rotatable bonds is 13. The van der Waals surface area contributed by atoms with Crippen LogP contribution in [-0.2, 0) is 25.6 Å². The van der Waals surface area contributed by atoms with Crippen molar-refractivity contribution in [1.82, 2.24) is 25.9 Å². The average molecular weight is 439 g/mol. The minimum atomic E-state index is -1.14. The summed E-state index contributed by atoms with van der Waals surface area (Å²) in [6.07, 6.45) is 4.37. The van der Waals surface area contributed by atoms with Crippen molar-refractivity contribution in [1.29, 1.82) is 0 Å². The van der Waals surface area contributed by atoms with E-state index in [1.165, 1.54) is 12.5 Å². The molecule has 11 nitrogen and oxygen atoms in total. The Bertz CT molecular complexity index is 738. The Labute approximate surface area is 181 Å². The molecule has 0 aliphatic rings. The van der Waals surface area contributed by atoms with Gasteiger partial charge in [-0.1, -0.05) is 40.5 Å². The standard InChI is InChI=1S/C20H34N6O5/c1-5-11(3)16(21)19(29)25-14(7-13-8-22-10-24-13)18(28)23-9-15(27)26-17(20(30)31)12(4)6-2/h8,10-12,14,16-17H,5-7,9,21H2,1-4H3,(H,22,24)(H,23,28)(H,25,29)(H,26,27)(H,30,31). The summed E-state index contributed by atoms with van der Waals surface area (Å²) in [5.41, 5.74) is 6.57. The minimum Gasteiger partial charge on any atom is -0.480 e. The van der Waals surface area contributed by atoms with Gasteiger partial charge in [0, 0.05) is 18.3 Å². The lowest BCUT2D eigenvalue weighted by Gasteiger charge is -2.23. The number of amides is 3. The van der Waals surface area contributed by atoms with Crippen molar-refractivity contribution in [3.8, 4) is 0 Å². The average Bonchev–Trinajstić information content (AvgIpc) is 3.26. The molecule has 174 valence electrons. The Morgan fingerprint density at radius 3 is 2.26 bits per heavy atom. The molecule has 0 aliphatic heterocycles. The van der Waals surface area contributed by atoms with E-state index in [1.807, 2.05) is 20.8 Å². The Morgan fingerprint density at radius 2 is 1.74 bits per heavy atom. The maximum absolute atomic E-state index is 12.7. The number of imidazole rings is 1. The molecule has 0 aromatic carbocycles. The second kappa shape index (κ2) is 12.7. The van der Waals surface area contributed by atoms with Crippen LogP contribution in [-0.4, -0.2) is 63.4 Å². The van der Waals surface area contributed by atoms with Crippen LogP contribution in [0.15, 0.2) is 12.5 Å². The number of aromatic amines is 1. The van der Waals surface area contributed by atoms with Crippen molar-refractivity contribution in [3.63, 3.8) is 0 Å². The van der Waals surface area contributed by atoms with Gasteiger partial charge in [-0.3, -0.25) is 14.4 Å². The van der Waals surface area contributed by atoms with Crippen molar-refractivity contribution in [3.05, 3.63) is 18.2 Å². The number of carbonyl (C=O) groups is 4. The largest absolute Gasteiger partial charge is 0.480 e. The van der Waals surface area contributed by atoms with Crippen molar-refractivity contribution < 1.29 is 24.3 Å². The molecular formula is C20H34N6O5. The van der Waals surface area contributed by atoms with E-state index in [4.69, 9.17) is 5.73 Å². The molecule has 5 atom stereocenters. The highest BCUT2D eigenvalue weighted by Crippen LogP contribution is 2.08. The van der Waals surface area contributed by atoms with Crippen LogP contribution in [0, 0.1) is 11.8 Å². The van der Waals surface area contributed by atoms with Crippen molar-refractivity contribution in [2.75, 3.05) is 6.54 Å². The maximum atomic E-state index is 12.7. The first-order chi connectivity index (χ1) is 14.6. The van der Waals surface area contributed by atoms with Gasteiger partial charge in [-0.25, -0.2) is 9.78 Å². The SMILES string of the molecule is CCC(C)C(N)C(=O)NC(Cc1cnc[nH]1)C(=O)NCC(=O)NC(C(=O)O)C(C)CC. The predicted molar refractivity (Wildman–Crippen MR) is 114 cm³/mol. The number of nitrogens with two attached hydrogens (primary N) is 1. The van der Waals surface area contributed by atoms with Gasteiger partial charge in [-0.05, 0) is 11.8 Å². The summed E-state index contributed by atoms with van der Waals surface area (Å²) in [4.78, 5) is 55.4. The monoisotopic (exact) mass is 438 g/mol. The van der Waals surface area contributed by atoms with Gasteiger partial charge in [0.15, 0.2) is 0 Å². The molecule has 1 aromatic heterocycles. The van der Waals surface area contributed by atoms with Gasteiger partial charge in [0.25, 0.3) is 0 Å². The van der Waals surface area contributed by atoms with E-state index in [9.17, 15) is 24.3 Å². The number of carbonyl (C=O) groups excluding carboxylic acids is 3. The third-order valence-corrected chi connectivity index (χ3v) is 5.39. The molecule has 7 N–H and O–H groups in total. The number of carboxylic acids is 1. The quantitative estimate of drug-likeness (QED) is 0.241. The fourth-order valence-corrected chi connectivity index (χ4v) is 2.80. The molecule has 0 radical (unpaired) electrons. The molecule has 1 rings (SSSR count). The molecule has 0 aliphatic carbocycles. The highest BCUT2D eigenvalue weighted by atomic mass is 16.4. The first-order valence-electron chi connectivity index (χ1n) is 10.4. The van der Waals surface area contributed by atoms with Crippen LogP contribution in [0.5, 0.6) is 0 Å². The van der Waals surface area contributed by atoms with Crippen molar-refractivity contribution in [2.24, 2.45) is 17.6 Å². The molecule has 5 unspecified atom stereocenters. The Balaban J connectivity index is 2.77. The number of H-pyrrole nitrogens is 1. The lowest BCUT2D eigenvalue weighted by atomic mass is 9.98. The van der Waals surface area contributed by atoms with Crippen LogP contribution >= 0.6 is 0 Å². The van der Waals surface area contributed by atoms with E-state index in [1.54, 1.807) is 6.92 Å². The number of hydrogen-bond acceptors (Lipinski definition) is 6. The molecule has 31 heavy (non-hydrogen) atoms. The maximum Gasteiger partial charge on any atom is 0.326 e. The second-order valence-electron chi connectivity index (χ2n) is 7.74. The first-order valence-corrected chi connectivity index (χ1v) is 10.4. The van der Waals surface area contributed by atoms with E-state index < -0.39 is 48.4 Å². The third-order valence-electron chi connectivity index (χ3n) is 5.39. The summed E-state index contributed by atoms with van der Waals surface area (Å²) in [5.74, 6) is -3.19. The van der Waals surface area contributed by atoms with Crippen LogP contribution in [0.1, 0.15) is 46.2 Å².